The maximum Gasteiger partial charge on any atom is 0.173 e. The molecule has 0 unspecified atom stereocenters. The van der Waals surface area contributed by atoms with Crippen molar-refractivity contribution in [3.63, 3.8) is 0 Å². The number of rotatable bonds is 1. The van der Waals surface area contributed by atoms with Crippen molar-refractivity contribution in [1.29, 1.82) is 0 Å². The van der Waals surface area contributed by atoms with Crippen LogP contribution in [0.15, 0.2) is 36.2 Å². The van der Waals surface area contributed by atoms with E-state index in [2.05, 4.69) is 31.1 Å². The smallest absolute Gasteiger partial charge is 0.173 e. The Bertz CT molecular complexity index is 402. The summed E-state index contributed by atoms with van der Waals surface area (Å²) in [7, 11) is -1.48. The molecule has 1 aromatic carbocycles. The number of benzene rings is 1. The molecule has 0 saturated heterocycles. The third-order valence-electron chi connectivity index (χ3n) is 1.65. The molecule has 2 heteroatoms. The minimum atomic E-state index is -1.48. The summed E-state index contributed by atoms with van der Waals surface area (Å²) in [6.07, 6.45) is 1.47. The van der Waals surface area contributed by atoms with Crippen LogP contribution in [0.1, 0.15) is 5.56 Å². The Balaban J connectivity index is 2.81. The van der Waals surface area contributed by atoms with Crippen molar-refractivity contribution in [2.45, 2.75) is 19.6 Å². The molecule has 0 aliphatic heterocycles. The van der Waals surface area contributed by atoms with Crippen LogP contribution in [0, 0.1) is 11.5 Å². The van der Waals surface area contributed by atoms with E-state index < -0.39 is 8.07 Å². The Morgan fingerprint density at radius 3 is 2.33 bits per heavy atom. The summed E-state index contributed by atoms with van der Waals surface area (Å²) in [5, 5.41) is 0. The van der Waals surface area contributed by atoms with Crippen molar-refractivity contribution >= 4 is 14.1 Å². The normalized spacial score (nSPS) is 11.9. The van der Waals surface area contributed by atoms with Crippen LogP contribution in [0.25, 0.3) is 6.08 Å². The molecule has 0 radical (unpaired) electrons. The lowest BCUT2D eigenvalue weighted by Gasteiger charge is -2.02. The fraction of sp³-hybridized carbons (Fsp3) is 0.231. The van der Waals surface area contributed by atoms with Gasteiger partial charge in [-0.2, -0.15) is 4.39 Å². The third-order valence-corrected chi connectivity index (χ3v) is 2.52. The summed E-state index contributed by atoms with van der Waals surface area (Å²) in [5.41, 5.74) is 3.83. The second-order valence-corrected chi connectivity index (χ2v) is 9.15. The van der Waals surface area contributed by atoms with Crippen molar-refractivity contribution in [3.05, 3.63) is 41.7 Å². The molecule has 0 saturated carbocycles. The van der Waals surface area contributed by atoms with Gasteiger partial charge in [0.25, 0.3) is 0 Å². The molecule has 15 heavy (non-hydrogen) atoms. The first-order chi connectivity index (χ1) is 6.97. The Hall–Kier alpha value is -1.33. The first-order valence-electron chi connectivity index (χ1n) is 4.93. The van der Waals surface area contributed by atoms with Crippen LogP contribution in [-0.4, -0.2) is 8.07 Å². The molecule has 1 aromatic rings. The van der Waals surface area contributed by atoms with Gasteiger partial charge in [0.05, 0.1) is 0 Å². The number of hydrogen-bond donors (Lipinski definition) is 0. The molecule has 0 nitrogen and oxygen atoms in total. The largest absolute Gasteiger partial charge is 0.197 e. The van der Waals surface area contributed by atoms with E-state index in [0.717, 1.165) is 5.56 Å². The van der Waals surface area contributed by atoms with Gasteiger partial charge in [-0.25, -0.2) is 0 Å². The van der Waals surface area contributed by atoms with Gasteiger partial charge >= 0.3 is 0 Å². The number of halogens is 1. The van der Waals surface area contributed by atoms with E-state index in [9.17, 15) is 4.39 Å². The van der Waals surface area contributed by atoms with Crippen LogP contribution in [0.2, 0.25) is 19.6 Å². The van der Waals surface area contributed by atoms with Gasteiger partial charge in [-0.1, -0.05) is 50.0 Å². The van der Waals surface area contributed by atoms with Crippen LogP contribution in [-0.2, 0) is 0 Å². The Morgan fingerprint density at radius 2 is 1.80 bits per heavy atom. The Morgan fingerprint density at radius 1 is 1.20 bits per heavy atom. The third kappa shape index (κ3) is 5.19. The summed E-state index contributed by atoms with van der Waals surface area (Å²) in [6, 6.07) is 9.38. The average molecular weight is 218 g/mol. The lowest BCUT2D eigenvalue weighted by atomic mass is 10.2. The molecule has 0 aliphatic carbocycles. The van der Waals surface area contributed by atoms with Gasteiger partial charge in [0.2, 0.25) is 0 Å². The quantitative estimate of drug-likeness (QED) is 0.496. The van der Waals surface area contributed by atoms with Gasteiger partial charge in [-0.05, 0) is 17.6 Å². The monoisotopic (exact) mass is 218 g/mol. The van der Waals surface area contributed by atoms with Crippen molar-refractivity contribution in [2.75, 3.05) is 0 Å². The van der Waals surface area contributed by atoms with E-state index in [1.165, 1.54) is 6.08 Å². The number of hydrogen-bond acceptors (Lipinski definition) is 0. The Labute approximate surface area is 91.8 Å². The molecule has 0 bridgehead atoms. The molecular weight excluding hydrogens is 203 g/mol. The first kappa shape index (κ1) is 11.7. The average Bonchev–Trinajstić information content (AvgIpc) is 2.15. The standard InChI is InChI=1S/C13H15FSi/c1-15(2,3)10-9-13(14)11-12-7-5-4-6-8-12/h4-8,11H,1-3H3/b13-11-. The van der Waals surface area contributed by atoms with Gasteiger partial charge < -0.3 is 0 Å². The van der Waals surface area contributed by atoms with E-state index in [4.69, 9.17) is 0 Å². The highest BCUT2D eigenvalue weighted by molar-refractivity contribution is 6.83. The molecule has 0 N–H and O–H groups in total. The van der Waals surface area contributed by atoms with Gasteiger partial charge in [0.15, 0.2) is 5.83 Å². The molecule has 0 fully saturated rings. The number of allylic oxidation sites excluding steroid dienone is 1. The zero-order valence-electron chi connectivity index (χ0n) is 9.34. The topological polar surface area (TPSA) is 0 Å². The maximum absolute atomic E-state index is 13.3. The molecule has 1 rings (SSSR count). The van der Waals surface area contributed by atoms with E-state index in [1.54, 1.807) is 0 Å². The predicted octanol–water partition coefficient (Wildman–Crippen LogP) is 3.88. The summed E-state index contributed by atoms with van der Waals surface area (Å²) < 4.78 is 13.3. The molecule has 0 aliphatic rings. The predicted molar refractivity (Wildman–Crippen MR) is 66.6 cm³/mol. The SMILES string of the molecule is C[Si](C)(C)C#C/C(F)=C/c1ccccc1. The Kier molecular flexibility index (Phi) is 3.87. The molecule has 0 aromatic heterocycles. The molecule has 0 spiro atoms. The fourth-order valence-corrected chi connectivity index (χ4v) is 1.47. The summed E-state index contributed by atoms with van der Waals surface area (Å²) >= 11 is 0. The van der Waals surface area contributed by atoms with Gasteiger partial charge in [0.1, 0.15) is 8.07 Å². The van der Waals surface area contributed by atoms with E-state index >= 15 is 0 Å². The minimum Gasteiger partial charge on any atom is -0.197 e. The van der Waals surface area contributed by atoms with Crippen LogP contribution in [0.4, 0.5) is 4.39 Å². The maximum atomic E-state index is 13.3. The highest BCUT2D eigenvalue weighted by atomic mass is 28.3. The van der Waals surface area contributed by atoms with Gasteiger partial charge in [-0.15, -0.1) is 5.54 Å². The van der Waals surface area contributed by atoms with Crippen molar-refractivity contribution in [3.8, 4) is 11.5 Å². The zero-order valence-corrected chi connectivity index (χ0v) is 10.3. The molecule has 0 atom stereocenters. The summed E-state index contributed by atoms with van der Waals surface area (Å²) in [4.78, 5) is 0. The highest BCUT2D eigenvalue weighted by Gasteiger charge is 2.07. The van der Waals surface area contributed by atoms with E-state index in [0.29, 0.717) is 0 Å². The van der Waals surface area contributed by atoms with E-state index in [-0.39, 0.29) is 5.83 Å². The lowest BCUT2D eigenvalue weighted by Crippen LogP contribution is -2.16. The first-order valence-corrected chi connectivity index (χ1v) is 8.43. The fourth-order valence-electron chi connectivity index (χ4n) is 0.979. The van der Waals surface area contributed by atoms with Gasteiger partial charge in [0, 0.05) is 0 Å². The molecular formula is C13H15FSi. The highest BCUT2D eigenvalue weighted by Crippen LogP contribution is 2.07. The molecule has 78 valence electrons. The van der Waals surface area contributed by atoms with Crippen LogP contribution < -0.4 is 0 Å². The zero-order chi connectivity index (χ0) is 11.3. The van der Waals surface area contributed by atoms with E-state index in [1.807, 2.05) is 30.3 Å². The molecule has 0 heterocycles. The van der Waals surface area contributed by atoms with Crippen molar-refractivity contribution in [1.82, 2.24) is 0 Å². The minimum absolute atomic E-state index is 0.358. The molecule has 0 amide bonds. The van der Waals surface area contributed by atoms with Crippen LogP contribution in [0.3, 0.4) is 0 Å². The summed E-state index contributed by atoms with van der Waals surface area (Å²) in [5.74, 6) is 2.22. The second-order valence-electron chi connectivity index (χ2n) is 4.40. The lowest BCUT2D eigenvalue weighted by molar-refractivity contribution is 0.683. The van der Waals surface area contributed by atoms with Gasteiger partial charge in [-0.3, -0.25) is 0 Å². The van der Waals surface area contributed by atoms with Crippen molar-refractivity contribution < 1.29 is 4.39 Å². The second kappa shape index (κ2) is 4.95. The van der Waals surface area contributed by atoms with Crippen LogP contribution >= 0.6 is 0 Å². The summed E-state index contributed by atoms with van der Waals surface area (Å²) in [6.45, 7) is 6.28. The van der Waals surface area contributed by atoms with Crippen LogP contribution in [0.5, 0.6) is 0 Å². The van der Waals surface area contributed by atoms with Crippen molar-refractivity contribution in [2.24, 2.45) is 0 Å².